The van der Waals surface area contributed by atoms with Crippen molar-refractivity contribution in [3.63, 3.8) is 0 Å². The van der Waals surface area contributed by atoms with Crippen molar-refractivity contribution >= 4 is 17.9 Å². The molecule has 0 saturated heterocycles. The predicted octanol–water partition coefficient (Wildman–Crippen LogP) is 16.4. The first-order valence-electron chi connectivity index (χ1n) is 27.6. The molecule has 0 aromatic rings. The van der Waals surface area contributed by atoms with Crippen LogP contribution in [-0.2, 0) is 28.6 Å². The Balaban J connectivity index is 4.23. The van der Waals surface area contributed by atoms with Crippen molar-refractivity contribution in [2.24, 2.45) is 0 Å². The maximum absolute atomic E-state index is 12.8. The van der Waals surface area contributed by atoms with Crippen LogP contribution in [0, 0.1) is 0 Å². The number of ether oxygens (including phenoxy) is 3. The van der Waals surface area contributed by atoms with Crippen molar-refractivity contribution in [3.05, 3.63) is 85.1 Å². The minimum absolute atomic E-state index is 0.0534. The molecule has 390 valence electrons. The summed E-state index contributed by atoms with van der Waals surface area (Å²) in [5.74, 6) is -1.48. The summed E-state index contributed by atoms with van der Waals surface area (Å²) in [6, 6.07) is -0.622. The van der Waals surface area contributed by atoms with Gasteiger partial charge in [0.2, 0.25) is 0 Å². The van der Waals surface area contributed by atoms with Gasteiger partial charge in [-0.3, -0.25) is 9.59 Å². The molecule has 1 N–H and O–H groups in total. The van der Waals surface area contributed by atoms with Gasteiger partial charge in [0.15, 0.2) is 12.1 Å². The van der Waals surface area contributed by atoms with Crippen LogP contribution in [0.25, 0.3) is 0 Å². The molecule has 2 atom stereocenters. The Bertz CT molecular complexity index is 1380. The van der Waals surface area contributed by atoms with Gasteiger partial charge in [-0.1, -0.05) is 202 Å². The Labute approximate surface area is 418 Å². The van der Waals surface area contributed by atoms with E-state index >= 15 is 0 Å². The Kier molecular flexibility index (Phi) is 47.4. The van der Waals surface area contributed by atoms with Gasteiger partial charge in [-0.15, -0.1) is 0 Å². The largest absolute Gasteiger partial charge is 0.477 e. The topological polar surface area (TPSA) is 99.1 Å². The lowest BCUT2D eigenvalue weighted by Gasteiger charge is -2.31. The molecule has 2 unspecified atom stereocenters. The van der Waals surface area contributed by atoms with E-state index in [0.717, 1.165) is 89.9 Å². The summed E-state index contributed by atoms with van der Waals surface area (Å²) in [6.07, 6.45) is 66.3. The van der Waals surface area contributed by atoms with Gasteiger partial charge in [0, 0.05) is 19.3 Å². The lowest BCUT2D eigenvalue weighted by atomic mass is 10.1. The molecule has 8 heteroatoms. The molecule has 0 rings (SSSR count). The first-order chi connectivity index (χ1) is 33.1. The Hall–Kier alpha value is -3.49. The van der Waals surface area contributed by atoms with E-state index in [9.17, 15) is 19.5 Å². The third-order valence-electron chi connectivity index (χ3n) is 12.0. The zero-order chi connectivity index (χ0) is 49.9. The van der Waals surface area contributed by atoms with Crippen LogP contribution >= 0.6 is 0 Å². The van der Waals surface area contributed by atoms with Crippen molar-refractivity contribution < 1.29 is 38.2 Å². The molecular formula is C60H104NO7+. The van der Waals surface area contributed by atoms with Gasteiger partial charge in [0.05, 0.1) is 34.4 Å². The zero-order valence-electron chi connectivity index (χ0n) is 44.5. The summed E-state index contributed by atoms with van der Waals surface area (Å²) in [4.78, 5) is 37.3. The smallest absolute Gasteiger partial charge is 0.362 e. The molecule has 0 aliphatic carbocycles. The number of unbranched alkanes of at least 4 members (excludes halogenated alkanes) is 21. The number of hydrogen-bond acceptors (Lipinski definition) is 6. The predicted molar refractivity (Wildman–Crippen MR) is 289 cm³/mol. The van der Waals surface area contributed by atoms with Crippen molar-refractivity contribution in [2.45, 2.75) is 238 Å². The quantitative estimate of drug-likeness (QED) is 0.0281. The van der Waals surface area contributed by atoms with Crippen LogP contribution in [0.3, 0.4) is 0 Å². The number of rotatable bonds is 49. The fourth-order valence-electron chi connectivity index (χ4n) is 7.80. The van der Waals surface area contributed by atoms with E-state index in [0.29, 0.717) is 19.3 Å². The number of esters is 2. The van der Waals surface area contributed by atoms with Crippen LogP contribution in [0.1, 0.15) is 226 Å². The summed E-state index contributed by atoms with van der Waals surface area (Å²) in [5.41, 5.74) is 0. The molecule has 0 aromatic heterocycles. The second-order valence-corrected chi connectivity index (χ2v) is 19.5. The molecule has 68 heavy (non-hydrogen) atoms. The van der Waals surface area contributed by atoms with Crippen molar-refractivity contribution in [2.75, 3.05) is 41.0 Å². The zero-order valence-corrected chi connectivity index (χ0v) is 44.5. The minimum Gasteiger partial charge on any atom is -0.477 e. The Morgan fingerprint density at radius 1 is 0.456 bits per heavy atom. The Morgan fingerprint density at radius 3 is 1.22 bits per heavy atom. The van der Waals surface area contributed by atoms with E-state index in [1.807, 2.05) is 21.1 Å². The third-order valence-corrected chi connectivity index (χ3v) is 12.0. The van der Waals surface area contributed by atoms with Crippen LogP contribution < -0.4 is 0 Å². The van der Waals surface area contributed by atoms with Crippen molar-refractivity contribution in [1.82, 2.24) is 0 Å². The molecular weight excluding hydrogens is 847 g/mol. The van der Waals surface area contributed by atoms with Gasteiger partial charge in [-0.05, 0) is 89.9 Å². The molecule has 0 fully saturated rings. The van der Waals surface area contributed by atoms with Gasteiger partial charge < -0.3 is 23.8 Å². The Morgan fingerprint density at radius 2 is 0.824 bits per heavy atom. The van der Waals surface area contributed by atoms with Crippen molar-refractivity contribution in [1.29, 1.82) is 0 Å². The van der Waals surface area contributed by atoms with Crippen LogP contribution in [-0.4, -0.2) is 80.6 Å². The lowest BCUT2D eigenvalue weighted by molar-refractivity contribution is -0.887. The molecule has 8 nitrogen and oxygen atoms in total. The summed E-state index contributed by atoms with van der Waals surface area (Å²) >= 11 is 0. The second kappa shape index (κ2) is 49.9. The van der Waals surface area contributed by atoms with Crippen LogP contribution in [0.5, 0.6) is 0 Å². The lowest BCUT2D eigenvalue weighted by Crippen LogP contribution is -2.50. The maximum atomic E-state index is 12.8. The number of nitrogens with zero attached hydrogens (tertiary/aromatic N) is 1. The summed E-state index contributed by atoms with van der Waals surface area (Å²) in [5, 5.41) is 9.67. The number of carbonyl (C=O) groups is 3. The fourth-order valence-corrected chi connectivity index (χ4v) is 7.80. The minimum atomic E-state index is -0.878. The molecule has 0 bridgehead atoms. The third kappa shape index (κ3) is 47.6. The highest BCUT2D eigenvalue weighted by Gasteiger charge is 2.31. The molecule has 0 heterocycles. The molecule has 0 spiro atoms. The number of likely N-dealkylation sites (N-methyl/N-ethyl adjacent to an activating group) is 1. The van der Waals surface area contributed by atoms with Gasteiger partial charge in [-0.2, -0.15) is 0 Å². The van der Waals surface area contributed by atoms with Crippen molar-refractivity contribution in [3.8, 4) is 0 Å². The first kappa shape index (κ1) is 64.5. The number of quaternary nitrogens is 1. The average Bonchev–Trinajstić information content (AvgIpc) is 3.30. The van der Waals surface area contributed by atoms with Crippen LogP contribution in [0.15, 0.2) is 85.1 Å². The molecule has 0 amide bonds. The number of carbonyl (C=O) groups excluding carboxylic acids is 2. The van der Waals surface area contributed by atoms with E-state index in [-0.39, 0.29) is 36.2 Å². The second-order valence-electron chi connectivity index (χ2n) is 19.5. The molecule has 0 aromatic carbocycles. The van der Waals surface area contributed by atoms with Gasteiger partial charge >= 0.3 is 17.9 Å². The summed E-state index contributed by atoms with van der Waals surface area (Å²) < 4.78 is 17.4. The van der Waals surface area contributed by atoms with Gasteiger partial charge in [-0.25, -0.2) is 4.79 Å². The molecule has 0 aliphatic rings. The SMILES string of the molecule is CC/C=C/C/C=C/C/C=C/C/C=C/CCCCCCCCCCCC(=O)OC(COCCC(C(=O)O)[N+](C)(C)C)COC(=O)CCCCCCCCCCC/C=C/C/C=C/C/C=C/CCCCC. The monoisotopic (exact) mass is 951 g/mol. The van der Waals surface area contributed by atoms with E-state index in [1.54, 1.807) is 0 Å². The van der Waals surface area contributed by atoms with Crippen LogP contribution in [0.4, 0.5) is 0 Å². The fraction of sp³-hybridized carbons (Fsp3) is 0.717. The van der Waals surface area contributed by atoms with E-state index in [2.05, 4.69) is 98.9 Å². The maximum Gasteiger partial charge on any atom is 0.362 e. The molecule has 0 saturated carbocycles. The summed E-state index contributed by atoms with van der Waals surface area (Å²) in [6.45, 7) is 4.60. The van der Waals surface area contributed by atoms with E-state index < -0.39 is 18.1 Å². The standard InChI is InChI=1S/C60H103NO7/c1-6-8-10-12-14-16-18-20-22-24-26-28-30-32-34-36-38-40-42-44-46-48-50-58(62)67-55-56(54-66-53-52-57(60(64)65)61(3,4)5)68-59(63)51-49-47-45-43-41-39-37-35-33-31-29-27-25-23-21-19-17-15-13-11-9-7-2/h9,11,14-17,20-23,26-29,56-57H,6-8,10,12-13,18-19,24-25,30-55H2,1-5H3/p+1/b11-9+,16-14+,17-15+,22-20+,23-21+,28-26+,29-27+. The highest BCUT2D eigenvalue weighted by Crippen LogP contribution is 2.15. The molecule has 0 aliphatic heterocycles. The number of allylic oxidation sites excluding steroid dienone is 14. The summed E-state index contributed by atoms with van der Waals surface area (Å²) in [7, 11) is 5.53. The normalized spacial score (nSPS) is 13.5. The molecule has 0 radical (unpaired) electrons. The van der Waals surface area contributed by atoms with E-state index in [1.165, 1.54) is 103 Å². The number of hydrogen-bond donors (Lipinski definition) is 1. The first-order valence-corrected chi connectivity index (χ1v) is 27.6. The number of carboxylic acid groups (broad SMARTS) is 1. The van der Waals surface area contributed by atoms with Crippen LogP contribution in [0.2, 0.25) is 0 Å². The average molecular weight is 951 g/mol. The number of carboxylic acids is 1. The van der Waals surface area contributed by atoms with Gasteiger partial charge in [0.1, 0.15) is 6.61 Å². The highest BCUT2D eigenvalue weighted by atomic mass is 16.6. The number of aliphatic carboxylic acids is 1. The van der Waals surface area contributed by atoms with E-state index in [4.69, 9.17) is 14.2 Å². The van der Waals surface area contributed by atoms with Gasteiger partial charge in [0.25, 0.3) is 0 Å². The highest BCUT2D eigenvalue weighted by molar-refractivity contribution is 5.72.